The van der Waals surface area contributed by atoms with Crippen molar-refractivity contribution in [2.45, 2.75) is 0 Å². The van der Waals surface area contributed by atoms with Gasteiger partial charge in [-0.25, -0.2) is 0 Å². The van der Waals surface area contributed by atoms with Gasteiger partial charge in [-0.05, 0) is 54.6 Å². The summed E-state index contributed by atoms with van der Waals surface area (Å²) < 4.78 is 2.36. The Balaban J connectivity index is 1.59. The Hall–Kier alpha value is -4.30. The summed E-state index contributed by atoms with van der Waals surface area (Å²) in [6.07, 6.45) is 0. The third-order valence-corrected chi connectivity index (χ3v) is 5.95. The van der Waals surface area contributed by atoms with Crippen molar-refractivity contribution < 1.29 is 0 Å². The SMILES string of the molecule is c1ccc(N(c2ccccc2)c2cccc(-n3c4ccccc4c4ccccc43)c2)cc1. The van der Waals surface area contributed by atoms with Gasteiger partial charge in [-0.15, -0.1) is 0 Å². The van der Waals surface area contributed by atoms with Gasteiger partial charge in [0.1, 0.15) is 0 Å². The second kappa shape index (κ2) is 7.75. The van der Waals surface area contributed by atoms with Crippen LogP contribution in [0.1, 0.15) is 0 Å². The summed E-state index contributed by atoms with van der Waals surface area (Å²) in [6, 6.07) is 47.1. The van der Waals surface area contributed by atoms with Gasteiger partial charge in [-0.1, -0.05) is 78.9 Å². The Labute approximate surface area is 187 Å². The molecule has 0 aliphatic rings. The number of fused-ring (bicyclic) bond motifs is 3. The summed E-state index contributed by atoms with van der Waals surface area (Å²) in [4.78, 5) is 2.30. The van der Waals surface area contributed by atoms with E-state index < -0.39 is 0 Å². The molecule has 2 heteroatoms. The minimum Gasteiger partial charge on any atom is -0.310 e. The molecule has 0 N–H and O–H groups in total. The van der Waals surface area contributed by atoms with Crippen LogP contribution in [-0.2, 0) is 0 Å². The molecule has 6 aromatic rings. The van der Waals surface area contributed by atoms with E-state index in [9.17, 15) is 0 Å². The molecule has 0 aliphatic carbocycles. The van der Waals surface area contributed by atoms with E-state index in [0.29, 0.717) is 0 Å². The maximum atomic E-state index is 2.36. The van der Waals surface area contributed by atoms with Crippen molar-refractivity contribution in [2.75, 3.05) is 4.90 Å². The van der Waals surface area contributed by atoms with Crippen LogP contribution >= 0.6 is 0 Å². The van der Waals surface area contributed by atoms with Crippen molar-refractivity contribution >= 4 is 38.9 Å². The van der Waals surface area contributed by atoms with Gasteiger partial charge >= 0.3 is 0 Å². The van der Waals surface area contributed by atoms with Gasteiger partial charge < -0.3 is 9.47 Å². The zero-order valence-corrected chi connectivity index (χ0v) is 17.6. The molecule has 0 saturated heterocycles. The van der Waals surface area contributed by atoms with Crippen molar-refractivity contribution in [2.24, 2.45) is 0 Å². The minimum absolute atomic E-state index is 1.13. The zero-order valence-electron chi connectivity index (χ0n) is 17.6. The summed E-state index contributed by atoms with van der Waals surface area (Å²) in [6.45, 7) is 0. The largest absolute Gasteiger partial charge is 0.310 e. The summed E-state index contributed by atoms with van der Waals surface area (Å²) in [5.41, 5.74) is 6.99. The molecular formula is C30H22N2. The topological polar surface area (TPSA) is 8.17 Å². The van der Waals surface area contributed by atoms with Gasteiger partial charge in [0.2, 0.25) is 0 Å². The van der Waals surface area contributed by atoms with Gasteiger partial charge in [-0.3, -0.25) is 0 Å². The molecule has 0 atom stereocenters. The number of anilines is 3. The Morgan fingerprint density at radius 2 is 0.875 bits per heavy atom. The van der Waals surface area contributed by atoms with Crippen molar-refractivity contribution in [1.29, 1.82) is 0 Å². The van der Waals surface area contributed by atoms with E-state index in [1.165, 1.54) is 21.8 Å². The van der Waals surface area contributed by atoms with Crippen LogP contribution in [0, 0.1) is 0 Å². The van der Waals surface area contributed by atoms with Gasteiger partial charge in [0.25, 0.3) is 0 Å². The van der Waals surface area contributed by atoms with Gasteiger partial charge in [0.15, 0.2) is 0 Å². The first-order chi connectivity index (χ1) is 15.9. The Kier molecular flexibility index (Phi) is 4.47. The lowest BCUT2D eigenvalue weighted by Gasteiger charge is -2.26. The van der Waals surface area contributed by atoms with Crippen LogP contribution in [0.4, 0.5) is 17.1 Å². The van der Waals surface area contributed by atoms with E-state index in [2.05, 4.69) is 143 Å². The van der Waals surface area contributed by atoms with E-state index >= 15 is 0 Å². The Bertz CT molecular complexity index is 1420. The Morgan fingerprint density at radius 3 is 1.44 bits per heavy atom. The number of benzene rings is 5. The molecule has 0 radical (unpaired) electrons. The molecule has 0 aliphatic heterocycles. The van der Waals surface area contributed by atoms with Crippen LogP contribution in [0.2, 0.25) is 0 Å². The molecule has 0 spiro atoms. The summed E-state index contributed by atoms with van der Waals surface area (Å²) in [5.74, 6) is 0. The predicted molar refractivity (Wildman–Crippen MR) is 135 cm³/mol. The molecule has 152 valence electrons. The van der Waals surface area contributed by atoms with Crippen molar-refractivity contribution in [1.82, 2.24) is 4.57 Å². The lowest BCUT2D eigenvalue weighted by atomic mass is 10.1. The number of hydrogen-bond donors (Lipinski definition) is 0. The monoisotopic (exact) mass is 410 g/mol. The number of para-hydroxylation sites is 4. The predicted octanol–water partition coefficient (Wildman–Crippen LogP) is 8.25. The second-order valence-electron chi connectivity index (χ2n) is 7.90. The average Bonchev–Trinajstić information content (AvgIpc) is 3.20. The molecule has 0 unspecified atom stereocenters. The van der Waals surface area contributed by atoms with E-state index in [1.807, 2.05) is 0 Å². The first-order valence-corrected chi connectivity index (χ1v) is 10.9. The molecule has 6 rings (SSSR count). The van der Waals surface area contributed by atoms with Crippen molar-refractivity contribution in [3.05, 3.63) is 133 Å². The van der Waals surface area contributed by atoms with Gasteiger partial charge in [-0.2, -0.15) is 0 Å². The van der Waals surface area contributed by atoms with Crippen LogP contribution in [0.3, 0.4) is 0 Å². The third kappa shape index (κ3) is 3.05. The molecule has 1 heterocycles. The third-order valence-electron chi connectivity index (χ3n) is 5.95. The van der Waals surface area contributed by atoms with Crippen molar-refractivity contribution in [3.8, 4) is 5.69 Å². The first kappa shape index (κ1) is 18.5. The fourth-order valence-electron chi connectivity index (χ4n) is 4.57. The van der Waals surface area contributed by atoms with E-state index in [1.54, 1.807) is 0 Å². The second-order valence-corrected chi connectivity index (χ2v) is 7.90. The highest BCUT2D eigenvalue weighted by molar-refractivity contribution is 6.09. The van der Waals surface area contributed by atoms with Crippen molar-refractivity contribution in [3.63, 3.8) is 0 Å². The number of rotatable bonds is 4. The van der Waals surface area contributed by atoms with E-state index in [4.69, 9.17) is 0 Å². The molecule has 0 saturated carbocycles. The average molecular weight is 411 g/mol. The summed E-state index contributed by atoms with van der Waals surface area (Å²) in [7, 11) is 0. The standard InChI is InChI=1S/C30H22N2/c1-3-12-23(13-4-1)31(24-14-5-2-6-15-24)25-16-11-17-26(22-25)32-29-20-9-7-18-27(29)28-19-8-10-21-30(28)32/h1-22H. The van der Waals surface area contributed by atoms with Crippen LogP contribution in [0.15, 0.2) is 133 Å². The quantitative estimate of drug-likeness (QED) is 0.284. The molecule has 0 amide bonds. The normalized spacial score (nSPS) is 11.1. The summed E-state index contributed by atoms with van der Waals surface area (Å²) in [5, 5.41) is 2.55. The molecule has 1 aromatic heterocycles. The van der Waals surface area contributed by atoms with Gasteiger partial charge in [0.05, 0.1) is 11.0 Å². The van der Waals surface area contributed by atoms with Crippen LogP contribution < -0.4 is 4.90 Å². The lowest BCUT2D eigenvalue weighted by molar-refractivity contribution is 1.17. The fraction of sp³-hybridized carbons (Fsp3) is 0. The van der Waals surface area contributed by atoms with E-state index in [-0.39, 0.29) is 0 Å². The van der Waals surface area contributed by atoms with Crippen LogP contribution in [-0.4, -0.2) is 4.57 Å². The fourth-order valence-corrected chi connectivity index (χ4v) is 4.57. The van der Waals surface area contributed by atoms with E-state index in [0.717, 1.165) is 22.7 Å². The smallest absolute Gasteiger partial charge is 0.0541 e. The summed E-state index contributed by atoms with van der Waals surface area (Å²) >= 11 is 0. The molecule has 32 heavy (non-hydrogen) atoms. The maximum absolute atomic E-state index is 2.36. The maximum Gasteiger partial charge on any atom is 0.0541 e. The minimum atomic E-state index is 1.13. The molecular weight excluding hydrogens is 388 g/mol. The van der Waals surface area contributed by atoms with Crippen LogP contribution in [0.5, 0.6) is 0 Å². The Morgan fingerprint density at radius 1 is 0.406 bits per heavy atom. The zero-order chi connectivity index (χ0) is 21.3. The molecule has 0 fully saturated rings. The number of hydrogen-bond acceptors (Lipinski definition) is 1. The lowest BCUT2D eigenvalue weighted by Crippen LogP contribution is -2.10. The molecule has 5 aromatic carbocycles. The van der Waals surface area contributed by atoms with Crippen LogP contribution in [0.25, 0.3) is 27.5 Å². The highest BCUT2D eigenvalue weighted by Crippen LogP contribution is 2.37. The number of aromatic nitrogens is 1. The number of nitrogens with zero attached hydrogens (tertiary/aromatic N) is 2. The highest BCUT2D eigenvalue weighted by Gasteiger charge is 2.15. The molecule has 0 bridgehead atoms. The molecule has 2 nitrogen and oxygen atoms in total. The van der Waals surface area contributed by atoms with Gasteiger partial charge in [0, 0.05) is 33.5 Å². The highest BCUT2D eigenvalue weighted by atomic mass is 15.1. The first-order valence-electron chi connectivity index (χ1n) is 10.9.